The number of nitrogens with one attached hydrogen (secondary N) is 1. The van der Waals surface area contributed by atoms with Crippen molar-refractivity contribution >= 4 is 17.0 Å². The van der Waals surface area contributed by atoms with Gasteiger partial charge in [-0.15, -0.1) is 0 Å². The zero-order chi connectivity index (χ0) is 15.4. The second kappa shape index (κ2) is 6.69. The molecule has 0 heterocycles. The van der Waals surface area contributed by atoms with Crippen molar-refractivity contribution in [3.8, 4) is 0 Å². The molecule has 114 valence electrons. The highest BCUT2D eigenvalue weighted by molar-refractivity contribution is 7.84. The first kappa shape index (κ1) is 18.4. The van der Waals surface area contributed by atoms with Crippen LogP contribution in [0.3, 0.4) is 0 Å². The highest BCUT2D eigenvalue weighted by atomic mass is 32.2. The molecule has 0 saturated carbocycles. The van der Waals surface area contributed by atoms with E-state index in [0.717, 1.165) is 0 Å². The molecule has 0 aromatic heterocycles. The lowest BCUT2D eigenvalue weighted by Gasteiger charge is -2.32. The van der Waals surface area contributed by atoms with E-state index < -0.39 is 39.8 Å². The van der Waals surface area contributed by atoms with Crippen LogP contribution in [0, 0.1) is 5.92 Å². The van der Waals surface area contributed by atoms with Gasteiger partial charge in [0.05, 0.1) is 15.7 Å². The van der Waals surface area contributed by atoms with Crippen LogP contribution in [0.15, 0.2) is 0 Å². The smallest absolute Gasteiger partial charge is 0.405 e. The number of aliphatic carboxylic acids is 1. The van der Waals surface area contributed by atoms with Crippen molar-refractivity contribution in [3.05, 3.63) is 0 Å². The highest BCUT2D eigenvalue weighted by Crippen LogP contribution is 2.29. The summed E-state index contributed by atoms with van der Waals surface area (Å²) in [5.41, 5.74) is 0. The molecule has 0 aliphatic rings. The molecule has 0 bridgehead atoms. The van der Waals surface area contributed by atoms with Crippen molar-refractivity contribution < 1.29 is 27.3 Å². The molecule has 0 aliphatic heterocycles. The van der Waals surface area contributed by atoms with Crippen LogP contribution in [0.1, 0.15) is 40.5 Å². The minimum atomic E-state index is -4.80. The van der Waals surface area contributed by atoms with Crippen LogP contribution in [0.2, 0.25) is 0 Å². The van der Waals surface area contributed by atoms with E-state index in [1.165, 1.54) is 20.8 Å². The first-order valence-corrected chi connectivity index (χ1v) is 7.01. The molecule has 0 amide bonds. The molecule has 0 aliphatic carbocycles. The molecule has 0 spiro atoms. The zero-order valence-electron chi connectivity index (χ0n) is 11.3. The van der Waals surface area contributed by atoms with Gasteiger partial charge in [-0.25, -0.2) is 8.93 Å². The van der Waals surface area contributed by atoms with Crippen molar-refractivity contribution in [3.63, 3.8) is 0 Å². The van der Waals surface area contributed by atoms with Crippen LogP contribution in [0.5, 0.6) is 0 Å². The van der Waals surface area contributed by atoms with Gasteiger partial charge in [0.2, 0.25) is 0 Å². The van der Waals surface area contributed by atoms with Gasteiger partial charge < -0.3 is 9.90 Å². The summed E-state index contributed by atoms with van der Waals surface area (Å²) in [6.45, 7) is 6.07. The predicted octanol–water partition coefficient (Wildman–Crippen LogP) is 1.14. The Morgan fingerprint density at radius 3 is 2.05 bits per heavy atom. The largest absolute Gasteiger partial charge is 0.550 e. The maximum atomic E-state index is 12.9. The second-order valence-electron chi connectivity index (χ2n) is 5.23. The number of carbonyl (C=O) groups excluding carboxylic acids is 1. The van der Waals surface area contributed by atoms with Crippen LogP contribution in [-0.4, -0.2) is 27.1 Å². The average molecular weight is 302 g/mol. The summed E-state index contributed by atoms with van der Waals surface area (Å²) in [5.74, 6) is -3.54. The summed E-state index contributed by atoms with van der Waals surface area (Å²) in [5, 5.41) is 10.9. The first-order chi connectivity index (χ1) is 8.41. The molecule has 8 heteroatoms. The molecular weight excluding hydrogens is 283 g/mol. The van der Waals surface area contributed by atoms with Crippen LogP contribution < -0.4 is 9.83 Å². The quantitative estimate of drug-likeness (QED) is 0.800. The van der Waals surface area contributed by atoms with Gasteiger partial charge in [-0.1, -0.05) is 13.3 Å². The number of carbonyl (C=O) groups is 1. The lowest BCUT2D eigenvalue weighted by Crippen LogP contribution is -2.55. The minimum absolute atomic E-state index is 0.194. The van der Waals surface area contributed by atoms with E-state index in [2.05, 4.69) is 0 Å². The Labute approximate surface area is 113 Å². The summed E-state index contributed by atoms with van der Waals surface area (Å²) in [7, 11) is -2.02. The summed E-state index contributed by atoms with van der Waals surface area (Å²) < 4.78 is 51.4. The number of alkyl halides is 3. The summed E-state index contributed by atoms with van der Waals surface area (Å²) in [4.78, 5) is 10.9. The van der Waals surface area contributed by atoms with Gasteiger partial charge in [0.15, 0.2) is 0 Å². The van der Waals surface area contributed by atoms with Crippen LogP contribution in [0.25, 0.3) is 0 Å². The molecule has 0 rings (SSSR count). The fourth-order valence-electron chi connectivity index (χ4n) is 1.40. The molecule has 19 heavy (non-hydrogen) atoms. The maximum Gasteiger partial charge on any atom is 0.405 e. The molecule has 0 saturated heterocycles. The lowest BCUT2D eigenvalue weighted by molar-refractivity contribution is -0.316. The van der Waals surface area contributed by atoms with Crippen molar-refractivity contribution in [1.29, 1.82) is 0 Å². The standard InChI is InChI=1S/C11H20F3NO3S/c1-5-6-7(9(16)17)8(11(12,13)14)15-19(18)10(2,3)4/h7-8,15H,5-6H2,1-4H3,(H,16,17)/p-1. The molecule has 4 nitrogen and oxygen atoms in total. The van der Waals surface area contributed by atoms with E-state index in [1.54, 1.807) is 6.92 Å². The number of rotatable bonds is 6. The predicted molar refractivity (Wildman–Crippen MR) is 64.3 cm³/mol. The molecule has 3 atom stereocenters. The molecule has 0 aromatic rings. The molecule has 1 N–H and O–H groups in total. The third-order valence-electron chi connectivity index (χ3n) is 2.45. The SMILES string of the molecule is CCCC(C(=O)[O-])C(NS(=O)C(C)(C)C)C(F)(F)F. The Bertz CT molecular complexity index is 339. The number of hydrogen-bond donors (Lipinski definition) is 1. The average Bonchev–Trinajstić information content (AvgIpc) is 2.19. The van der Waals surface area contributed by atoms with Gasteiger partial charge in [0, 0.05) is 11.9 Å². The first-order valence-electron chi connectivity index (χ1n) is 5.86. The van der Waals surface area contributed by atoms with Crippen LogP contribution in [0.4, 0.5) is 13.2 Å². The van der Waals surface area contributed by atoms with Crippen molar-refractivity contribution in [2.24, 2.45) is 5.92 Å². The van der Waals surface area contributed by atoms with Gasteiger partial charge in [-0.3, -0.25) is 0 Å². The Morgan fingerprint density at radius 2 is 1.79 bits per heavy atom. The Kier molecular flexibility index (Phi) is 6.47. The summed E-state index contributed by atoms with van der Waals surface area (Å²) in [6.07, 6.45) is -4.74. The fourth-order valence-corrected chi connectivity index (χ4v) is 2.28. The zero-order valence-corrected chi connectivity index (χ0v) is 12.2. The molecule has 0 radical (unpaired) electrons. The Hall–Kier alpha value is -0.630. The van der Waals surface area contributed by atoms with E-state index in [1.807, 2.05) is 4.72 Å². The number of carboxylic acid groups (broad SMARTS) is 1. The van der Waals surface area contributed by atoms with Gasteiger partial charge in [0.1, 0.15) is 6.04 Å². The Balaban J connectivity index is 5.22. The monoisotopic (exact) mass is 302 g/mol. The van der Waals surface area contributed by atoms with E-state index >= 15 is 0 Å². The fraction of sp³-hybridized carbons (Fsp3) is 0.909. The number of hydrogen-bond acceptors (Lipinski definition) is 3. The number of carboxylic acids is 1. The minimum Gasteiger partial charge on any atom is -0.550 e. The topological polar surface area (TPSA) is 69.2 Å². The third-order valence-corrected chi connectivity index (χ3v) is 4.03. The Morgan fingerprint density at radius 1 is 1.32 bits per heavy atom. The highest BCUT2D eigenvalue weighted by Gasteiger charge is 2.46. The third kappa shape index (κ3) is 5.90. The van der Waals surface area contributed by atoms with Crippen molar-refractivity contribution in [2.75, 3.05) is 0 Å². The van der Waals surface area contributed by atoms with E-state index in [-0.39, 0.29) is 12.8 Å². The van der Waals surface area contributed by atoms with Gasteiger partial charge in [0.25, 0.3) is 0 Å². The summed E-state index contributed by atoms with van der Waals surface area (Å²) in [6, 6.07) is -2.38. The molecule has 0 aromatic carbocycles. The molecular formula is C11H19F3NO3S-. The van der Waals surface area contributed by atoms with Crippen LogP contribution >= 0.6 is 0 Å². The molecule has 0 fully saturated rings. The lowest BCUT2D eigenvalue weighted by atomic mass is 9.95. The van der Waals surface area contributed by atoms with Crippen molar-refractivity contribution in [2.45, 2.75) is 57.5 Å². The van der Waals surface area contributed by atoms with Gasteiger partial charge in [-0.05, 0) is 27.2 Å². The van der Waals surface area contributed by atoms with Crippen LogP contribution in [-0.2, 0) is 15.8 Å². The second-order valence-corrected chi connectivity index (χ2v) is 7.23. The normalized spacial score (nSPS) is 17.8. The van der Waals surface area contributed by atoms with E-state index in [4.69, 9.17) is 0 Å². The summed E-state index contributed by atoms with van der Waals surface area (Å²) >= 11 is 0. The van der Waals surface area contributed by atoms with E-state index in [0.29, 0.717) is 0 Å². The van der Waals surface area contributed by atoms with Gasteiger partial charge in [-0.2, -0.15) is 13.2 Å². The maximum absolute atomic E-state index is 12.9. The van der Waals surface area contributed by atoms with E-state index in [9.17, 15) is 27.3 Å². The number of halogens is 3. The van der Waals surface area contributed by atoms with Crippen molar-refractivity contribution in [1.82, 2.24) is 4.72 Å². The molecule has 3 unspecified atom stereocenters. The van der Waals surface area contributed by atoms with Gasteiger partial charge >= 0.3 is 6.18 Å².